The zero-order valence-corrected chi connectivity index (χ0v) is 14.8. The Bertz CT molecular complexity index is 637. The molecule has 0 radical (unpaired) electrons. The minimum absolute atomic E-state index is 0.0651. The first-order chi connectivity index (χ1) is 12.0. The summed E-state index contributed by atoms with van der Waals surface area (Å²) in [5.41, 5.74) is 0.524. The van der Waals surface area contributed by atoms with Gasteiger partial charge in [-0.05, 0) is 30.7 Å². The Hall–Kier alpha value is -2.41. The normalized spacial score (nSPS) is 15.5. The number of carbonyl (C=O) groups excluding carboxylic acids is 1. The van der Waals surface area contributed by atoms with E-state index in [1.807, 2.05) is 6.92 Å². The van der Waals surface area contributed by atoms with E-state index < -0.39 is 4.92 Å². The molecule has 0 atom stereocenters. The van der Waals surface area contributed by atoms with Gasteiger partial charge >= 0.3 is 5.69 Å². The van der Waals surface area contributed by atoms with Gasteiger partial charge in [-0.25, -0.2) is 0 Å². The van der Waals surface area contributed by atoms with Crippen LogP contribution >= 0.6 is 0 Å². The molecule has 0 spiro atoms. The quantitative estimate of drug-likeness (QED) is 0.430. The highest BCUT2D eigenvalue weighted by atomic mass is 16.6. The molecule has 0 bridgehead atoms. The summed E-state index contributed by atoms with van der Waals surface area (Å²) in [5.74, 6) is 0.190. The molecule has 0 unspecified atom stereocenters. The fourth-order valence-corrected chi connectivity index (χ4v) is 2.67. The summed E-state index contributed by atoms with van der Waals surface area (Å²) < 4.78 is 5.40. The average molecular weight is 347 g/mol. The standard InChI is InChI=1S/C18H25N3O4/c1-3-13-25-17-7-5-15(14-16(17)21(23)24)6-8-18(22)20-11-9-19(4-2)10-12-20/h5-8,14H,3-4,9-13H2,1-2H3/b8-6+. The average Bonchev–Trinajstić information content (AvgIpc) is 2.64. The molecule has 136 valence electrons. The number of ether oxygens (including phenoxy) is 1. The predicted molar refractivity (Wildman–Crippen MR) is 96.6 cm³/mol. The van der Waals surface area contributed by atoms with Crippen molar-refractivity contribution in [3.8, 4) is 5.75 Å². The maximum atomic E-state index is 12.3. The lowest BCUT2D eigenvalue weighted by molar-refractivity contribution is -0.385. The van der Waals surface area contributed by atoms with Crippen molar-refractivity contribution in [3.05, 3.63) is 40.0 Å². The van der Waals surface area contributed by atoms with Gasteiger partial charge in [0.25, 0.3) is 0 Å². The van der Waals surface area contributed by atoms with Crippen LogP contribution in [0.2, 0.25) is 0 Å². The fraction of sp³-hybridized carbons (Fsp3) is 0.500. The number of likely N-dealkylation sites (N-methyl/N-ethyl adjacent to an activating group) is 1. The third kappa shape index (κ3) is 5.29. The van der Waals surface area contributed by atoms with Crippen LogP contribution in [0.5, 0.6) is 5.75 Å². The second-order valence-corrected chi connectivity index (χ2v) is 5.93. The van der Waals surface area contributed by atoms with Gasteiger partial charge in [0.15, 0.2) is 5.75 Å². The molecule has 1 saturated heterocycles. The molecule has 0 aromatic heterocycles. The summed E-state index contributed by atoms with van der Waals surface area (Å²) in [5, 5.41) is 11.2. The SMILES string of the molecule is CCCOc1ccc(/C=C/C(=O)N2CCN(CC)CC2)cc1[N+](=O)[O-]. The first-order valence-corrected chi connectivity index (χ1v) is 8.65. The molecule has 1 aliphatic heterocycles. The van der Waals surface area contributed by atoms with Crippen LogP contribution in [0.3, 0.4) is 0 Å². The molecular weight excluding hydrogens is 322 g/mol. The van der Waals surface area contributed by atoms with Crippen LogP contribution in [0.15, 0.2) is 24.3 Å². The summed E-state index contributed by atoms with van der Waals surface area (Å²) in [6, 6.07) is 4.73. The largest absolute Gasteiger partial charge is 0.487 e. The molecule has 7 nitrogen and oxygen atoms in total. The highest BCUT2D eigenvalue weighted by Crippen LogP contribution is 2.28. The zero-order chi connectivity index (χ0) is 18.2. The van der Waals surface area contributed by atoms with Gasteiger partial charge in [0.1, 0.15) is 0 Å². The van der Waals surface area contributed by atoms with E-state index in [2.05, 4.69) is 11.8 Å². The van der Waals surface area contributed by atoms with E-state index in [9.17, 15) is 14.9 Å². The van der Waals surface area contributed by atoms with Gasteiger partial charge < -0.3 is 14.5 Å². The summed E-state index contributed by atoms with van der Waals surface area (Å²) in [6.45, 7) is 8.65. The number of piperazine rings is 1. The van der Waals surface area contributed by atoms with Crippen molar-refractivity contribution in [1.82, 2.24) is 9.80 Å². The molecule has 0 N–H and O–H groups in total. The molecule has 0 aliphatic carbocycles. The minimum atomic E-state index is -0.464. The van der Waals surface area contributed by atoms with Gasteiger partial charge in [-0.15, -0.1) is 0 Å². The van der Waals surface area contributed by atoms with E-state index in [0.29, 0.717) is 25.3 Å². The van der Waals surface area contributed by atoms with E-state index in [0.717, 1.165) is 26.1 Å². The number of amides is 1. The van der Waals surface area contributed by atoms with Gasteiger partial charge in [-0.2, -0.15) is 0 Å². The van der Waals surface area contributed by atoms with E-state index in [4.69, 9.17) is 4.74 Å². The second-order valence-electron chi connectivity index (χ2n) is 5.93. The number of nitro groups is 1. The van der Waals surface area contributed by atoms with Crippen LogP contribution < -0.4 is 4.74 Å². The van der Waals surface area contributed by atoms with Gasteiger partial charge in [-0.3, -0.25) is 14.9 Å². The smallest absolute Gasteiger partial charge is 0.311 e. The Balaban J connectivity index is 2.03. The van der Waals surface area contributed by atoms with Gasteiger partial charge in [0, 0.05) is 38.3 Å². The third-order valence-electron chi connectivity index (χ3n) is 4.19. The lowest BCUT2D eigenvalue weighted by Gasteiger charge is -2.33. The topological polar surface area (TPSA) is 75.9 Å². The van der Waals surface area contributed by atoms with Crippen molar-refractivity contribution in [3.63, 3.8) is 0 Å². The first kappa shape index (κ1) is 18.9. The van der Waals surface area contributed by atoms with E-state index >= 15 is 0 Å². The number of rotatable bonds is 7. The van der Waals surface area contributed by atoms with Gasteiger partial charge in [0.05, 0.1) is 11.5 Å². The van der Waals surface area contributed by atoms with Crippen molar-refractivity contribution in [2.45, 2.75) is 20.3 Å². The van der Waals surface area contributed by atoms with Crippen molar-refractivity contribution in [2.75, 3.05) is 39.3 Å². The fourth-order valence-electron chi connectivity index (χ4n) is 2.67. The van der Waals surface area contributed by atoms with Crippen molar-refractivity contribution in [1.29, 1.82) is 0 Å². The second kappa shape index (κ2) is 9.17. The van der Waals surface area contributed by atoms with Crippen LogP contribution in [0.25, 0.3) is 6.08 Å². The van der Waals surface area contributed by atoms with Crippen LogP contribution in [0.4, 0.5) is 5.69 Å². The Morgan fingerprint density at radius 3 is 2.60 bits per heavy atom. The van der Waals surface area contributed by atoms with Crippen LogP contribution in [0, 0.1) is 10.1 Å². The Kier molecular flexibility index (Phi) is 6.94. The Labute approximate surface area is 148 Å². The number of nitrogens with zero attached hydrogens (tertiary/aromatic N) is 3. The molecule has 1 aromatic carbocycles. The number of carbonyl (C=O) groups is 1. The number of benzene rings is 1. The van der Waals surface area contributed by atoms with Crippen LogP contribution in [-0.4, -0.2) is 60.0 Å². The highest BCUT2D eigenvalue weighted by Gasteiger charge is 2.19. The molecule has 7 heteroatoms. The van der Waals surface area contributed by atoms with E-state index in [1.54, 1.807) is 23.1 Å². The van der Waals surface area contributed by atoms with Crippen LogP contribution in [-0.2, 0) is 4.79 Å². The molecule has 0 saturated carbocycles. The molecule has 1 aliphatic rings. The maximum Gasteiger partial charge on any atom is 0.311 e. The minimum Gasteiger partial charge on any atom is -0.487 e. The zero-order valence-electron chi connectivity index (χ0n) is 14.8. The molecule has 1 aromatic rings. The monoisotopic (exact) mass is 347 g/mol. The summed E-state index contributed by atoms with van der Waals surface area (Å²) >= 11 is 0. The van der Waals surface area contributed by atoms with Crippen LogP contribution in [0.1, 0.15) is 25.8 Å². The number of nitro benzene ring substituents is 1. The lowest BCUT2D eigenvalue weighted by atomic mass is 10.1. The number of hydrogen-bond donors (Lipinski definition) is 0. The third-order valence-corrected chi connectivity index (χ3v) is 4.19. The molecular formula is C18H25N3O4. The van der Waals surface area contributed by atoms with Gasteiger partial charge in [0.2, 0.25) is 5.91 Å². The van der Waals surface area contributed by atoms with Crippen molar-refractivity contribution in [2.24, 2.45) is 0 Å². The molecule has 25 heavy (non-hydrogen) atoms. The molecule has 1 amide bonds. The van der Waals surface area contributed by atoms with E-state index in [1.165, 1.54) is 12.1 Å². The predicted octanol–water partition coefficient (Wildman–Crippen LogP) is 2.56. The lowest BCUT2D eigenvalue weighted by Crippen LogP contribution is -2.48. The maximum absolute atomic E-state index is 12.3. The van der Waals surface area contributed by atoms with E-state index in [-0.39, 0.29) is 17.3 Å². The molecule has 2 rings (SSSR count). The molecule has 1 fully saturated rings. The van der Waals surface area contributed by atoms with Crippen molar-refractivity contribution < 1.29 is 14.5 Å². The highest BCUT2D eigenvalue weighted by molar-refractivity contribution is 5.92. The molecule has 1 heterocycles. The summed E-state index contributed by atoms with van der Waals surface area (Å²) in [6.07, 6.45) is 3.87. The summed E-state index contributed by atoms with van der Waals surface area (Å²) in [4.78, 5) is 27.1. The number of hydrogen-bond acceptors (Lipinski definition) is 5. The Morgan fingerprint density at radius 2 is 2.00 bits per heavy atom. The Morgan fingerprint density at radius 1 is 1.28 bits per heavy atom. The van der Waals surface area contributed by atoms with Crippen molar-refractivity contribution >= 4 is 17.7 Å². The first-order valence-electron chi connectivity index (χ1n) is 8.65. The summed E-state index contributed by atoms with van der Waals surface area (Å²) in [7, 11) is 0. The van der Waals surface area contributed by atoms with Gasteiger partial charge in [-0.1, -0.05) is 19.9 Å².